The van der Waals surface area contributed by atoms with Crippen LogP contribution in [-0.4, -0.2) is 46.3 Å². The van der Waals surface area contributed by atoms with E-state index >= 15 is 0 Å². The summed E-state index contributed by atoms with van der Waals surface area (Å²) in [5, 5.41) is 12.6. The second-order valence-electron chi connectivity index (χ2n) is 6.71. The summed E-state index contributed by atoms with van der Waals surface area (Å²) in [5.74, 6) is -2.65. The molecule has 0 radical (unpaired) electrons. The Morgan fingerprint density at radius 2 is 1.46 bits per heavy atom. The fraction of sp³-hybridized carbons (Fsp3) is 0.625. The summed E-state index contributed by atoms with van der Waals surface area (Å²) in [7, 11) is 4.45. The highest BCUT2D eigenvalue weighted by Crippen LogP contribution is 2.35. The van der Waals surface area contributed by atoms with E-state index in [2.05, 4.69) is 0 Å². The Balaban J connectivity index is 2.64. The molecule has 132 valence electrons. The van der Waals surface area contributed by atoms with Gasteiger partial charge in [0.25, 0.3) is 5.82 Å². The largest absolute Gasteiger partial charge is 0.711 e. The minimum absolute atomic E-state index is 0.148. The van der Waals surface area contributed by atoms with E-state index in [0.717, 1.165) is 20.2 Å². The number of aromatic nitrogens is 2. The molecule has 0 saturated carbocycles. The van der Waals surface area contributed by atoms with E-state index in [1.54, 1.807) is 18.5 Å². The normalized spacial score (nSPS) is 18.1. The number of rotatable bonds is 3. The molecule has 0 aliphatic carbocycles. The number of amides is 4. The van der Waals surface area contributed by atoms with Gasteiger partial charge in [-0.2, -0.15) is 0 Å². The van der Waals surface area contributed by atoms with Crippen LogP contribution in [0.4, 0.5) is 4.79 Å². The lowest BCUT2D eigenvalue weighted by molar-refractivity contribution is -0.622. The molecule has 1 fully saturated rings. The van der Waals surface area contributed by atoms with Gasteiger partial charge in [-0.15, -0.1) is 0 Å². The first-order chi connectivity index (χ1) is 11.0. The van der Waals surface area contributed by atoms with Crippen molar-refractivity contribution >= 4 is 17.8 Å². The van der Waals surface area contributed by atoms with Crippen molar-refractivity contribution in [2.45, 2.75) is 33.6 Å². The summed E-state index contributed by atoms with van der Waals surface area (Å²) in [5.41, 5.74) is 1.31. The van der Waals surface area contributed by atoms with Gasteiger partial charge < -0.3 is 5.21 Å². The molecular weight excluding hydrogens is 312 g/mol. The molecule has 1 aliphatic heterocycles. The average molecular weight is 336 g/mol. The summed E-state index contributed by atoms with van der Waals surface area (Å²) < 4.78 is 2.51. The number of imidazole rings is 1. The summed E-state index contributed by atoms with van der Waals surface area (Å²) in [6, 6.07) is -0.655. The standard InChI is InChI=1S/C16H24N4O4/c1-8(2)11(13-17(5)9(3)10(4)20(13)24)12-14(21)18(6)16(23)19(7)15(12)22/h8,11-12H,1-7H3. The van der Waals surface area contributed by atoms with Crippen molar-refractivity contribution in [2.24, 2.45) is 18.9 Å². The molecule has 24 heavy (non-hydrogen) atoms. The van der Waals surface area contributed by atoms with Crippen LogP contribution in [0.3, 0.4) is 0 Å². The minimum Gasteiger partial charge on any atom is -0.711 e. The zero-order chi connectivity index (χ0) is 18.5. The lowest BCUT2D eigenvalue weighted by Gasteiger charge is -2.36. The van der Waals surface area contributed by atoms with Gasteiger partial charge in [0, 0.05) is 27.9 Å². The van der Waals surface area contributed by atoms with Gasteiger partial charge in [-0.3, -0.25) is 19.4 Å². The van der Waals surface area contributed by atoms with Gasteiger partial charge in [0.15, 0.2) is 0 Å². The van der Waals surface area contributed by atoms with Gasteiger partial charge in [-0.05, 0) is 5.92 Å². The molecule has 1 saturated heterocycles. The third kappa shape index (κ3) is 2.37. The molecule has 2 heterocycles. The third-order valence-electron chi connectivity index (χ3n) is 5.03. The van der Waals surface area contributed by atoms with E-state index < -0.39 is 29.7 Å². The van der Waals surface area contributed by atoms with Crippen LogP contribution in [0, 0.1) is 30.9 Å². The molecule has 1 unspecified atom stereocenters. The smallest absolute Gasteiger partial charge is 0.332 e. The van der Waals surface area contributed by atoms with Crippen LogP contribution in [-0.2, 0) is 16.6 Å². The Kier molecular flexibility index (Phi) is 4.43. The van der Waals surface area contributed by atoms with Crippen LogP contribution in [0.15, 0.2) is 0 Å². The maximum atomic E-state index is 12.7. The molecule has 1 aliphatic rings. The molecule has 0 spiro atoms. The topological polar surface area (TPSA) is 89.6 Å². The molecular formula is C16H24N4O4. The maximum Gasteiger partial charge on any atom is 0.332 e. The fourth-order valence-electron chi connectivity index (χ4n) is 3.30. The predicted molar refractivity (Wildman–Crippen MR) is 85.9 cm³/mol. The number of urea groups is 1. The number of nitrogens with zero attached hydrogens (tertiary/aromatic N) is 4. The zero-order valence-corrected chi connectivity index (χ0v) is 15.2. The predicted octanol–water partition coefficient (Wildman–Crippen LogP) is 0.682. The number of imide groups is 2. The summed E-state index contributed by atoms with van der Waals surface area (Å²) >= 11 is 0. The summed E-state index contributed by atoms with van der Waals surface area (Å²) in [6.07, 6.45) is 0. The maximum absolute atomic E-state index is 12.7. The number of hydrogen-bond acceptors (Lipinski definition) is 4. The molecule has 1 atom stereocenters. The Labute approximate surface area is 141 Å². The van der Waals surface area contributed by atoms with Crippen molar-refractivity contribution in [3.63, 3.8) is 0 Å². The first-order valence-electron chi connectivity index (χ1n) is 7.86. The molecule has 2 rings (SSSR count). The molecule has 0 bridgehead atoms. The summed E-state index contributed by atoms with van der Waals surface area (Å²) in [4.78, 5) is 39.2. The monoisotopic (exact) mass is 336 g/mol. The lowest BCUT2D eigenvalue weighted by atomic mass is 9.80. The van der Waals surface area contributed by atoms with Crippen LogP contribution in [0.5, 0.6) is 0 Å². The number of hydrogen-bond donors (Lipinski definition) is 0. The number of carbonyl (C=O) groups is 3. The highest BCUT2D eigenvalue weighted by Gasteiger charge is 2.51. The van der Waals surface area contributed by atoms with Crippen molar-refractivity contribution in [3.05, 3.63) is 22.4 Å². The van der Waals surface area contributed by atoms with E-state index in [1.165, 1.54) is 14.1 Å². The molecule has 8 heteroatoms. The quantitative estimate of drug-likeness (QED) is 0.461. The SMILES string of the molecule is Cc1c(C)[n+]([O-])c(C(C(C)C)C2C(=O)N(C)C(=O)N(C)C2=O)n1C. The van der Waals surface area contributed by atoms with Crippen molar-refractivity contribution < 1.29 is 19.1 Å². The van der Waals surface area contributed by atoms with E-state index in [-0.39, 0.29) is 5.92 Å². The Morgan fingerprint density at radius 3 is 1.79 bits per heavy atom. The molecule has 0 aromatic carbocycles. The Morgan fingerprint density at radius 1 is 1.00 bits per heavy atom. The highest BCUT2D eigenvalue weighted by atomic mass is 16.5. The number of carbonyl (C=O) groups excluding carboxylic acids is 3. The van der Waals surface area contributed by atoms with Crippen LogP contribution < -0.4 is 4.73 Å². The molecule has 4 amide bonds. The first-order valence-corrected chi connectivity index (χ1v) is 7.86. The van der Waals surface area contributed by atoms with Gasteiger partial charge >= 0.3 is 6.03 Å². The first kappa shape index (κ1) is 18.0. The second-order valence-corrected chi connectivity index (χ2v) is 6.71. The Hall–Kier alpha value is -2.38. The van der Waals surface area contributed by atoms with Gasteiger partial charge in [0.2, 0.25) is 11.8 Å². The molecule has 1 aromatic heterocycles. The second kappa shape index (κ2) is 5.92. The Bertz CT molecular complexity index is 673. The van der Waals surface area contributed by atoms with Crippen LogP contribution in [0.1, 0.15) is 37.0 Å². The van der Waals surface area contributed by atoms with E-state index in [1.807, 2.05) is 20.8 Å². The van der Waals surface area contributed by atoms with E-state index in [9.17, 15) is 19.6 Å². The average Bonchev–Trinajstić information content (AvgIpc) is 2.71. The molecule has 1 aromatic rings. The van der Waals surface area contributed by atoms with Gasteiger partial charge in [-0.25, -0.2) is 14.1 Å². The van der Waals surface area contributed by atoms with Crippen LogP contribution in [0.2, 0.25) is 0 Å². The van der Waals surface area contributed by atoms with Gasteiger partial charge in [0.1, 0.15) is 17.3 Å². The lowest BCUT2D eigenvalue weighted by Crippen LogP contribution is -2.59. The van der Waals surface area contributed by atoms with E-state index in [0.29, 0.717) is 11.5 Å². The molecule has 8 nitrogen and oxygen atoms in total. The van der Waals surface area contributed by atoms with Crippen LogP contribution in [0.25, 0.3) is 0 Å². The highest BCUT2D eigenvalue weighted by molar-refractivity contribution is 6.16. The van der Waals surface area contributed by atoms with Crippen molar-refractivity contribution in [3.8, 4) is 0 Å². The van der Waals surface area contributed by atoms with E-state index in [4.69, 9.17) is 0 Å². The minimum atomic E-state index is -1.09. The van der Waals surface area contributed by atoms with Crippen molar-refractivity contribution in [2.75, 3.05) is 14.1 Å². The summed E-state index contributed by atoms with van der Waals surface area (Å²) in [6.45, 7) is 7.24. The fourth-order valence-corrected chi connectivity index (χ4v) is 3.30. The van der Waals surface area contributed by atoms with Crippen molar-refractivity contribution in [1.29, 1.82) is 0 Å². The van der Waals surface area contributed by atoms with Crippen LogP contribution >= 0.6 is 0 Å². The van der Waals surface area contributed by atoms with Gasteiger partial charge in [0.05, 0.1) is 13.0 Å². The number of barbiturate groups is 1. The zero-order valence-electron chi connectivity index (χ0n) is 15.2. The third-order valence-corrected chi connectivity index (χ3v) is 5.03. The van der Waals surface area contributed by atoms with Crippen molar-refractivity contribution in [1.82, 2.24) is 14.4 Å². The van der Waals surface area contributed by atoms with Gasteiger partial charge in [-0.1, -0.05) is 13.8 Å². The molecule has 0 N–H and O–H groups in total.